The van der Waals surface area contributed by atoms with Gasteiger partial charge in [0.25, 0.3) is 5.69 Å². The maximum Gasteiger partial charge on any atom is 0.271 e. The lowest BCUT2D eigenvalue weighted by atomic mass is 10.1. The summed E-state index contributed by atoms with van der Waals surface area (Å²) in [5, 5.41) is 10.6. The van der Waals surface area contributed by atoms with Crippen molar-refractivity contribution in [3.8, 4) is 0 Å². The quantitative estimate of drug-likeness (QED) is 0.614. The minimum Gasteiger partial charge on any atom is -0.305 e. The van der Waals surface area contributed by atoms with Crippen LogP contribution in [0, 0.1) is 10.1 Å². The Morgan fingerprint density at radius 3 is 2.64 bits per heavy atom. The summed E-state index contributed by atoms with van der Waals surface area (Å²) in [6, 6.07) is 3.59. The van der Waals surface area contributed by atoms with E-state index in [9.17, 15) is 18.5 Å². The summed E-state index contributed by atoms with van der Waals surface area (Å²) in [4.78, 5) is 12.0. The Morgan fingerprint density at radius 1 is 1.41 bits per heavy atom. The van der Waals surface area contributed by atoms with E-state index in [0.717, 1.165) is 25.0 Å². The molecular weight excluding hydrogens is 330 g/mol. The fraction of sp³-hybridized carbons (Fsp3) is 0.538. The van der Waals surface area contributed by atoms with Crippen LogP contribution in [0.5, 0.6) is 0 Å². The highest BCUT2D eigenvalue weighted by molar-refractivity contribution is 7.89. The van der Waals surface area contributed by atoms with Gasteiger partial charge in [-0.3, -0.25) is 10.1 Å². The highest BCUT2D eigenvalue weighted by Gasteiger charge is 2.32. The summed E-state index contributed by atoms with van der Waals surface area (Å²) >= 11 is 5.96. The summed E-state index contributed by atoms with van der Waals surface area (Å²) < 4.78 is 26.8. The van der Waals surface area contributed by atoms with E-state index < -0.39 is 14.9 Å². The van der Waals surface area contributed by atoms with Crippen LogP contribution < -0.4 is 0 Å². The first-order valence-electron chi connectivity index (χ1n) is 6.84. The molecule has 1 atom stereocenters. The van der Waals surface area contributed by atoms with Gasteiger partial charge < -0.3 is 4.90 Å². The SMILES string of the molecule is CN(C)[C@H]1CCCN(S(=O)(=O)c2ccc([N+](=O)[O-])cc2Cl)C1. The van der Waals surface area contributed by atoms with Crippen molar-refractivity contribution < 1.29 is 13.3 Å². The minimum atomic E-state index is -3.75. The van der Waals surface area contributed by atoms with E-state index in [-0.39, 0.29) is 21.6 Å². The number of sulfonamides is 1. The topological polar surface area (TPSA) is 83.8 Å². The van der Waals surface area contributed by atoms with Crippen LogP contribution in [0.15, 0.2) is 23.1 Å². The lowest BCUT2D eigenvalue weighted by Gasteiger charge is -2.35. The molecule has 2 rings (SSSR count). The molecule has 1 heterocycles. The van der Waals surface area contributed by atoms with Crippen molar-refractivity contribution >= 4 is 27.3 Å². The monoisotopic (exact) mass is 347 g/mol. The number of likely N-dealkylation sites (N-methyl/N-ethyl adjacent to an activating group) is 1. The number of hydrogen-bond acceptors (Lipinski definition) is 5. The van der Waals surface area contributed by atoms with Gasteiger partial charge in [0.1, 0.15) is 4.90 Å². The van der Waals surface area contributed by atoms with E-state index in [1.54, 1.807) is 0 Å². The van der Waals surface area contributed by atoms with Crippen LogP contribution in [0.1, 0.15) is 12.8 Å². The van der Waals surface area contributed by atoms with Gasteiger partial charge in [0.05, 0.1) is 9.95 Å². The van der Waals surface area contributed by atoms with Crippen molar-refractivity contribution in [1.82, 2.24) is 9.21 Å². The Balaban J connectivity index is 2.32. The van der Waals surface area contributed by atoms with Gasteiger partial charge in [0, 0.05) is 31.3 Å². The second-order valence-electron chi connectivity index (χ2n) is 5.49. The first kappa shape index (κ1) is 17.1. The zero-order valence-electron chi connectivity index (χ0n) is 12.4. The summed E-state index contributed by atoms with van der Waals surface area (Å²) in [6.45, 7) is 0.822. The standard InChI is InChI=1S/C13H18ClN3O4S/c1-15(2)11-4-3-7-16(9-11)22(20,21)13-6-5-10(17(18)19)8-12(13)14/h5-6,8,11H,3-4,7,9H2,1-2H3/t11-/m0/s1. The normalized spacial score (nSPS) is 20.3. The molecule has 22 heavy (non-hydrogen) atoms. The summed E-state index contributed by atoms with van der Waals surface area (Å²) in [5.74, 6) is 0. The van der Waals surface area contributed by atoms with Crippen molar-refractivity contribution in [1.29, 1.82) is 0 Å². The third-order valence-electron chi connectivity index (χ3n) is 3.83. The van der Waals surface area contributed by atoms with E-state index in [4.69, 9.17) is 11.6 Å². The molecule has 0 amide bonds. The summed E-state index contributed by atoms with van der Waals surface area (Å²) in [5.41, 5.74) is -0.228. The number of nitro groups is 1. The molecule has 122 valence electrons. The number of hydrogen-bond donors (Lipinski definition) is 0. The lowest BCUT2D eigenvalue weighted by Crippen LogP contribution is -2.47. The van der Waals surface area contributed by atoms with Crippen LogP contribution in [0.4, 0.5) is 5.69 Å². The van der Waals surface area contributed by atoms with Crippen LogP contribution in [-0.4, -0.2) is 55.8 Å². The van der Waals surface area contributed by atoms with Gasteiger partial charge >= 0.3 is 0 Å². The molecular formula is C13H18ClN3O4S. The molecule has 9 heteroatoms. The molecule has 1 aliphatic heterocycles. The molecule has 1 aromatic rings. The van der Waals surface area contributed by atoms with Gasteiger partial charge in [-0.1, -0.05) is 11.6 Å². The Bertz CT molecular complexity index is 678. The molecule has 0 saturated carbocycles. The van der Waals surface area contributed by atoms with Crippen LogP contribution in [0.25, 0.3) is 0 Å². The van der Waals surface area contributed by atoms with Crippen molar-refractivity contribution in [3.05, 3.63) is 33.3 Å². The average molecular weight is 348 g/mol. The largest absolute Gasteiger partial charge is 0.305 e. The molecule has 0 bridgehead atoms. The molecule has 0 aliphatic carbocycles. The molecule has 0 spiro atoms. The van der Waals surface area contributed by atoms with E-state index in [0.29, 0.717) is 13.1 Å². The summed E-state index contributed by atoms with van der Waals surface area (Å²) in [7, 11) is 0.0831. The lowest BCUT2D eigenvalue weighted by molar-refractivity contribution is -0.384. The number of halogens is 1. The molecule has 1 fully saturated rings. The minimum absolute atomic E-state index is 0.0841. The molecule has 1 saturated heterocycles. The number of benzene rings is 1. The number of rotatable bonds is 4. The van der Waals surface area contributed by atoms with Crippen LogP contribution >= 0.6 is 11.6 Å². The molecule has 0 N–H and O–H groups in total. The molecule has 0 aromatic heterocycles. The third kappa shape index (κ3) is 3.40. The number of piperidine rings is 1. The number of nitro benzene ring substituents is 1. The van der Waals surface area contributed by atoms with E-state index >= 15 is 0 Å². The second kappa shape index (κ2) is 6.49. The zero-order valence-corrected chi connectivity index (χ0v) is 14.0. The van der Waals surface area contributed by atoms with Gasteiger partial charge in [0.15, 0.2) is 0 Å². The molecule has 0 radical (unpaired) electrons. The zero-order chi connectivity index (χ0) is 16.5. The number of non-ortho nitro benzene ring substituents is 1. The summed E-state index contributed by atoms with van der Waals surface area (Å²) in [6.07, 6.45) is 1.71. The van der Waals surface area contributed by atoms with Crippen LogP contribution in [0.3, 0.4) is 0 Å². The second-order valence-corrected chi connectivity index (χ2v) is 7.81. The Kier molecular flexibility index (Phi) is 5.06. The highest BCUT2D eigenvalue weighted by atomic mass is 35.5. The molecule has 1 aliphatic rings. The van der Waals surface area contributed by atoms with Crippen molar-refractivity contribution in [2.24, 2.45) is 0 Å². The van der Waals surface area contributed by atoms with Crippen molar-refractivity contribution in [3.63, 3.8) is 0 Å². The highest BCUT2D eigenvalue weighted by Crippen LogP contribution is 2.30. The van der Waals surface area contributed by atoms with E-state index in [1.807, 2.05) is 19.0 Å². The first-order chi connectivity index (χ1) is 10.2. The number of nitrogens with zero attached hydrogens (tertiary/aromatic N) is 3. The average Bonchev–Trinajstić information content (AvgIpc) is 2.46. The van der Waals surface area contributed by atoms with Gasteiger partial charge in [-0.15, -0.1) is 0 Å². The van der Waals surface area contributed by atoms with Crippen molar-refractivity contribution in [2.75, 3.05) is 27.2 Å². The Labute approximate surface area is 134 Å². The Hall–Kier alpha value is -1.22. The maximum absolute atomic E-state index is 12.7. The molecule has 7 nitrogen and oxygen atoms in total. The van der Waals surface area contributed by atoms with Gasteiger partial charge in [0.2, 0.25) is 10.0 Å². The van der Waals surface area contributed by atoms with Gasteiger partial charge in [-0.25, -0.2) is 8.42 Å². The van der Waals surface area contributed by atoms with E-state index in [2.05, 4.69) is 0 Å². The van der Waals surface area contributed by atoms with Crippen LogP contribution in [0.2, 0.25) is 5.02 Å². The van der Waals surface area contributed by atoms with Gasteiger partial charge in [-0.2, -0.15) is 4.31 Å². The predicted octanol–water partition coefficient (Wildman–Crippen LogP) is 1.96. The van der Waals surface area contributed by atoms with Crippen molar-refractivity contribution in [2.45, 2.75) is 23.8 Å². The van der Waals surface area contributed by atoms with E-state index in [1.165, 1.54) is 10.4 Å². The fourth-order valence-electron chi connectivity index (χ4n) is 2.51. The maximum atomic E-state index is 12.7. The van der Waals surface area contributed by atoms with Gasteiger partial charge in [-0.05, 0) is 33.0 Å². The molecule has 1 aromatic carbocycles. The Morgan fingerprint density at radius 2 is 2.09 bits per heavy atom. The fourth-order valence-corrected chi connectivity index (χ4v) is 4.54. The van der Waals surface area contributed by atoms with Crippen LogP contribution in [-0.2, 0) is 10.0 Å². The predicted molar refractivity (Wildman–Crippen MR) is 83.6 cm³/mol. The first-order valence-corrected chi connectivity index (χ1v) is 8.66. The smallest absolute Gasteiger partial charge is 0.271 e. The molecule has 0 unspecified atom stereocenters. The third-order valence-corrected chi connectivity index (χ3v) is 6.18.